The molecule has 5 nitrogen and oxygen atoms in total. The van der Waals surface area contributed by atoms with Crippen LogP contribution in [0.4, 0.5) is 0 Å². The van der Waals surface area contributed by atoms with Gasteiger partial charge in [0.15, 0.2) is 5.96 Å². The van der Waals surface area contributed by atoms with Crippen molar-refractivity contribution in [2.24, 2.45) is 4.99 Å². The molecular formula is C23H31N3O2. The summed E-state index contributed by atoms with van der Waals surface area (Å²) < 4.78 is 11.4. The molecule has 0 amide bonds. The van der Waals surface area contributed by atoms with E-state index in [0.29, 0.717) is 12.7 Å². The second-order valence-electron chi connectivity index (χ2n) is 7.14. The molecule has 0 aromatic heterocycles. The minimum absolute atomic E-state index is 0.192. The Morgan fingerprint density at radius 1 is 1.07 bits per heavy atom. The second-order valence-corrected chi connectivity index (χ2v) is 7.14. The number of hydrogen-bond donors (Lipinski definition) is 2. The lowest BCUT2D eigenvalue weighted by Gasteiger charge is -2.22. The molecule has 1 saturated heterocycles. The smallest absolute Gasteiger partial charge is 0.191 e. The van der Waals surface area contributed by atoms with Gasteiger partial charge in [0.25, 0.3) is 0 Å². The number of aliphatic imine (C=N–C) groups is 1. The Kier molecular flexibility index (Phi) is 7.88. The molecule has 1 heterocycles. The van der Waals surface area contributed by atoms with Gasteiger partial charge >= 0.3 is 0 Å². The first-order chi connectivity index (χ1) is 13.7. The standard InChI is InChI=1S/C23H31N3O2/c1-18(21-6-4-3-5-7-21)26-23(24-2)25-16-19-8-10-20(11-9-19)17-28-22-12-14-27-15-13-22/h3-11,18,22H,12-17H2,1-2H3,(H2,24,25,26). The fourth-order valence-electron chi connectivity index (χ4n) is 3.22. The lowest BCUT2D eigenvalue weighted by molar-refractivity contribution is -0.0390. The van der Waals surface area contributed by atoms with Gasteiger partial charge in [-0.2, -0.15) is 0 Å². The second kappa shape index (κ2) is 10.8. The lowest BCUT2D eigenvalue weighted by Crippen LogP contribution is -2.38. The maximum atomic E-state index is 5.99. The number of nitrogens with one attached hydrogen (secondary N) is 2. The van der Waals surface area contributed by atoms with Crippen LogP contribution in [-0.2, 0) is 22.6 Å². The van der Waals surface area contributed by atoms with Crippen molar-refractivity contribution in [2.45, 2.75) is 45.1 Å². The summed E-state index contributed by atoms with van der Waals surface area (Å²) in [5.41, 5.74) is 3.65. The summed E-state index contributed by atoms with van der Waals surface area (Å²) in [5, 5.41) is 6.81. The van der Waals surface area contributed by atoms with Gasteiger partial charge in [-0.05, 0) is 36.5 Å². The molecule has 0 spiro atoms. The normalized spacial score (nSPS) is 16.6. The molecule has 5 heteroatoms. The molecule has 2 N–H and O–H groups in total. The summed E-state index contributed by atoms with van der Waals surface area (Å²) in [6, 6.07) is 19.1. The number of ether oxygens (including phenoxy) is 2. The van der Waals surface area contributed by atoms with E-state index in [1.54, 1.807) is 7.05 Å². The van der Waals surface area contributed by atoms with Crippen LogP contribution in [0.1, 0.15) is 42.5 Å². The molecule has 28 heavy (non-hydrogen) atoms. The van der Waals surface area contributed by atoms with Crippen molar-refractivity contribution in [1.82, 2.24) is 10.6 Å². The van der Waals surface area contributed by atoms with Crippen LogP contribution in [-0.4, -0.2) is 32.3 Å². The maximum Gasteiger partial charge on any atom is 0.191 e. The summed E-state index contributed by atoms with van der Waals surface area (Å²) in [5.74, 6) is 0.795. The van der Waals surface area contributed by atoms with E-state index in [4.69, 9.17) is 9.47 Å². The summed E-state index contributed by atoms with van der Waals surface area (Å²) in [7, 11) is 1.80. The number of rotatable bonds is 7. The number of hydrogen-bond acceptors (Lipinski definition) is 3. The third kappa shape index (κ3) is 6.36. The Labute approximate surface area is 168 Å². The predicted molar refractivity (Wildman–Crippen MR) is 113 cm³/mol. The van der Waals surface area contributed by atoms with Gasteiger partial charge in [-0.3, -0.25) is 4.99 Å². The van der Waals surface area contributed by atoms with Gasteiger partial charge in [-0.25, -0.2) is 0 Å². The molecule has 1 unspecified atom stereocenters. The van der Waals surface area contributed by atoms with Crippen LogP contribution < -0.4 is 10.6 Å². The molecule has 0 bridgehead atoms. The molecule has 0 radical (unpaired) electrons. The first kappa shape index (κ1) is 20.4. The minimum atomic E-state index is 0.192. The van der Waals surface area contributed by atoms with Gasteiger partial charge in [0.1, 0.15) is 0 Å². The van der Waals surface area contributed by atoms with E-state index in [2.05, 4.69) is 71.1 Å². The van der Waals surface area contributed by atoms with Crippen LogP contribution in [0.15, 0.2) is 59.6 Å². The number of benzene rings is 2. The first-order valence-electron chi connectivity index (χ1n) is 10.0. The third-order valence-corrected chi connectivity index (χ3v) is 5.01. The molecular weight excluding hydrogens is 350 g/mol. The summed E-state index contributed by atoms with van der Waals surface area (Å²) in [4.78, 5) is 4.33. The summed E-state index contributed by atoms with van der Waals surface area (Å²) in [6.07, 6.45) is 2.32. The average Bonchev–Trinajstić information content (AvgIpc) is 2.77. The van der Waals surface area contributed by atoms with E-state index >= 15 is 0 Å². The highest BCUT2D eigenvalue weighted by atomic mass is 16.5. The zero-order chi connectivity index (χ0) is 19.6. The maximum absolute atomic E-state index is 5.99. The van der Waals surface area contributed by atoms with Gasteiger partial charge in [-0.1, -0.05) is 54.6 Å². The summed E-state index contributed by atoms with van der Waals surface area (Å²) >= 11 is 0. The van der Waals surface area contributed by atoms with Crippen LogP contribution in [0.3, 0.4) is 0 Å². The summed E-state index contributed by atoms with van der Waals surface area (Å²) in [6.45, 7) is 5.15. The molecule has 1 aliphatic heterocycles. The monoisotopic (exact) mass is 381 g/mol. The van der Waals surface area contributed by atoms with E-state index in [9.17, 15) is 0 Å². The van der Waals surface area contributed by atoms with Crippen LogP contribution in [0.25, 0.3) is 0 Å². The fraction of sp³-hybridized carbons (Fsp3) is 0.435. The average molecular weight is 382 g/mol. The highest BCUT2D eigenvalue weighted by Gasteiger charge is 2.14. The molecule has 1 fully saturated rings. The number of nitrogens with zero attached hydrogens (tertiary/aromatic N) is 1. The molecule has 1 aliphatic rings. The van der Waals surface area contributed by atoms with Crippen molar-refractivity contribution in [3.63, 3.8) is 0 Å². The van der Waals surface area contributed by atoms with Crippen molar-refractivity contribution in [2.75, 3.05) is 20.3 Å². The largest absolute Gasteiger partial charge is 0.381 e. The van der Waals surface area contributed by atoms with Gasteiger partial charge in [0.05, 0.1) is 18.8 Å². The molecule has 0 saturated carbocycles. The van der Waals surface area contributed by atoms with E-state index in [1.807, 2.05) is 6.07 Å². The fourth-order valence-corrected chi connectivity index (χ4v) is 3.22. The van der Waals surface area contributed by atoms with Crippen LogP contribution in [0.2, 0.25) is 0 Å². The molecule has 0 aliphatic carbocycles. The van der Waals surface area contributed by atoms with E-state index < -0.39 is 0 Å². The minimum Gasteiger partial charge on any atom is -0.381 e. The predicted octanol–water partition coefficient (Wildman–Crippen LogP) is 3.81. The quantitative estimate of drug-likeness (QED) is 0.566. The van der Waals surface area contributed by atoms with Crippen LogP contribution in [0, 0.1) is 0 Å². The molecule has 150 valence electrons. The highest BCUT2D eigenvalue weighted by molar-refractivity contribution is 5.80. The Balaban J connectivity index is 1.44. The van der Waals surface area contributed by atoms with E-state index in [-0.39, 0.29) is 6.04 Å². The lowest BCUT2D eigenvalue weighted by atomic mass is 10.1. The highest BCUT2D eigenvalue weighted by Crippen LogP contribution is 2.14. The van der Waals surface area contributed by atoms with Crippen molar-refractivity contribution in [3.05, 3.63) is 71.3 Å². The Morgan fingerprint density at radius 3 is 2.43 bits per heavy atom. The molecule has 2 aromatic rings. The third-order valence-electron chi connectivity index (χ3n) is 5.01. The van der Waals surface area contributed by atoms with Crippen molar-refractivity contribution in [3.8, 4) is 0 Å². The first-order valence-corrected chi connectivity index (χ1v) is 10.0. The molecule has 2 aromatic carbocycles. The Bertz CT molecular complexity index is 725. The van der Waals surface area contributed by atoms with Gasteiger partial charge in [0, 0.05) is 26.8 Å². The van der Waals surface area contributed by atoms with E-state index in [0.717, 1.165) is 38.6 Å². The zero-order valence-electron chi connectivity index (χ0n) is 16.9. The molecule has 3 rings (SSSR count). The topological polar surface area (TPSA) is 54.9 Å². The zero-order valence-corrected chi connectivity index (χ0v) is 16.9. The Morgan fingerprint density at radius 2 is 1.75 bits per heavy atom. The van der Waals surface area contributed by atoms with Crippen molar-refractivity contribution in [1.29, 1.82) is 0 Å². The van der Waals surface area contributed by atoms with Gasteiger partial charge in [0.2, 0.25) is 0 Å². The van der Waals surface area contributed by atoms with Crippen molar-refractivity contribution >= 4 is 5.96 Å². The van der Waals surface area contributed by atoms with Gasteiger partial charge < -0.3 is 20.1 Å². The number of guanidine groups is 1. The van der Waals surface area contributed by atoms with E-state index in [1.165, 1.54) is 16.7 Å². The Hall–Kier alpha value is -2.37. The molecule has 1 atom stereocenters. The van der Waals surface area contributed by atoms with Crippen LogP contribution in [0.5, 0.6) is 0 Å². The van der Waals surface area contributed by atoms with Crippen molar-refractivity contribution < 1.29 is 9.47 Å². The SMILES string of the molecule is CN=C(NCc1ccc(COC2CCOCC2)cc1)NC(C)c1ccccc1. The van der Waals surface area contributed by atoms with Crippen LogP contribution >= 0.6 is 0 Å². The van der Waals surface area contributed by atoms with Gasteiger partial charge in [-0.15, -0.1) is 0 Å².